The number of likely N-dealkylation sites (N-methyl/N-ethyl adjacent to an activating group) is 1. The maximum Gasteiger partial charge on any atom is 0.118 e. The fraction of sp³-hybridized carbons (Fsp3) is 0.400. The molecule has 0 amide bonds. The van der Waals surface area contributed by atoms with E-state index in [1.807, 2.05) is 36.4 Å². The highest BCUT2D eigenvalue weighted by atomic mass is 35.5. The van der Waals surface area contributed by atoms with E-state index in [4.69, 9.17) is 16.3 Å². The molecule has 2 atom stereocenters. The van der Waals surface area contributed by atoms with Gasteiger partial charge in [-0.3, -0.25) is 0 Å². The van der Waals surface area contributed by atoms with E-state index in [2.05, 4.69) is 23.2 Å². The Morgan fingerprint density at radius 3 is 2.73 bits per heavy atom. The molecule has 0 fully saturated rings. The Balaban J connectivity index is 1.90. The average molecular weight is 393 g/mol. The van der Waals surface area contributed by atoms with Crippen molar-refractivity contribution >= 4 is 29.1 Å². The first-order valence-electron chi connectivity index (χ1n) is 8.86. The molecule has 0 saturated heterocycles. The highest BCUT2D eigenvalue weighted by molar-refractivity contribution is 7.99. The maximum atomic E-state index is 11.0. The van der Waals surface area contributed by atoms with Gasteiger partial charge in [-0.1, -0.05) is 30.7 Å². The SMILES string of the molecule is CCNCCN1CC(O)C(c2ccc(OC)cc2)Sc2cc(Cl)ccc21. The minimum atomic E-state index is -0.485. The molecule has 2 aromatic carbocycles. The third-order valence-corrected chi connectivity index (χ3v) is 6.18. The number of fused-ring (bicyclic) bond motifs is 1. The van der Waals surface area contributed by atoms with Crippen molar-refractivity contribution in [1.82, 2.24) is 5.32 Å². The number of ether oxygens (including phenoxy) is 1. The molecule has 0 aromatic heterocycles. The molecule has 1 heterocycles. The van der Waals surface area contributed by atoms with Crippen molar-refractivity contribution in [2.75, 3.05) is 38.2 Å². The Morgan fingerprint density at radius 2 is 2.04 bits per heavy atom. The van der Waals surface area contributed by atoms with Crippen molar-refractivity contribution in [1.29, 1.82) is 0 Å². The van der Waals surface area contributed by atoms with Gasteiger partial charge in [0.2, 0.25) is 0 Å². The number of halogens is 1. The largest absolute Gasteiger partial charge is 0.497 e. The molecule has 0 saturated carbocycles. The lowest BCUT2D eigenvalue weighted by atomic mass is 10.1. The van der Waals surface area contributed by atoms with E-state index in [9.17, 15) is 5.11 Å². The number of methoxy groups -OCH3 is 1. The fourth-order valence-electron chi connectivity index (χ4n) is 3.17. The fourth-order valence-corrected chi connectivity index (χ4v) is 4.72. The van der Waals surface area contributed by atoms with Crippen LogP contribution in [0.25, 0.3) is 0 Å². The lowest BCUT2D eigenvalue weighted by Gasteiger charge is -2.27. The highest BCUT2D eigenvalue weighted by Crippen LogP contribution is 2.46. The van der Waals surface area contributed by atoms with Gasteiger partial charge >= 0.3 is 0 Å². The molecule has 0 radical (unpaired) electrons. The standard InChI is InChI=1S/C20H25ClN2O2S/c1-3-22-10-11-23-13-18(24)20(14-4-7-16(25-2)8-5-14)26-19-12-15(21)6-9-17(19)23/h4-9,12,18,20,22,24H,3,10-11,13H2,1-2H3. The van der Waals surface area contributed by atoms with Gasteiger partial charge in [0.15, 0.2) is 0 Å². The number of hydrogen-bond acceptors (Lipinski definition) is 5. The summed E-state index contributed by atoms with van der Waals surface area (Å²) < 4.78 is 5.25. The van der Waals surface area contributed by atoms with Gasteiger partial charge in [0.25, 0.3) is 0 Å². The van der Waals surface area contributed by atoms with Crippen LogP contribution in [0, 0.1) is 0 Å². The second kappa shape index (κ2) is 9.00. The van der Waals surface area contributed by atoms with E-state index in [-0.39, 0.29) is 5.25 Å². The van der Waals surface area contributed by atoms with Crippen LogP contribution in [-0.4, -0.2) is 44.5 Å². The molecule has 140 valence electrons. The quantitative estimate of drug-likeness (QED) is 0.728. The van der Waals surface area contributed by atoms with Crippen LogP contribution in [0.2, 0.25) is 5.02 Å². The highest BCUT2D eigenvalue weighted by Gasteiger charge is 2.30. The van der Waals surface area contributed by atoms with Gasteiger partial charge in [-0.25, -0.2) is 0 Å². The van der Waals surface area contributed by atoms with E-state index >= 15 is 0 Å². The summed E-state index contributed by atoms with van der Waals surface area (Å²) in [6, 6.07) is 13.9. The Labute approximate surface area is 164 Å². The lowest BCUT2D eigenvalue weighted by molar-refractivity contribution is 0.177. The molecule has 0 aliphatic carbocycles. The van der Waals surface area contributed by atoms with E-state index in [1.54, 1.807) is 18.9 Å². The van der Waals surface area contributed by atoms with E-state index < -0.39 is 6.10 Å². The number of β-amino-alcohol motifs (C(OH)–C–C–N with tert-alkyl or cyclic N) is 1. The molecule has 3 rings (SSSR count). The summed E-state index contributed by atoms with van der Waals surface area (Å²) in [4.78, 5) is 3.35. The average Bonchev–Trinajstić information content (AvgIpc) is 2.78. The van der Waals surface area contributed by atoms with Gasteiger partial charge in [0.1, 0.15) is 5.75 Å². The van der Waals surface area contributed by atoms with Gasteiger partial charge in [0.05, 0.1) is 24.2 Å². The number of aliphatic hydroxyl groups excluding tert-OH is 1. The predicted octanol–water partition coefficient (Wildman–Crippen LogP) is 3.97. The molecular weight excluding hydrogens is 368 g/mol. The van der Waals surface area contributed by atoms with Gasteiger partial charge in [-0.15, -0.1) is 11.8 Å². The summed E-state index contributed by atoms with van der Waals surface area (Å²) in [6.07, 6.45) is -0.485. The molecule has 26 heavy (non-hydrogen) atoms. The molecule has 1 aliphatic heterocycles. The Hall–Kier alpha value is -1.40. The van der Waals surface area contributed by atoms with Gasteiger partial charge < -0.3 is 20.1 Å². The third kappa shape index (κ3) is 4.46. The van der Waals surface area contributed by atoms with Crippen LogP contribution in [0.1, 0.15) is 17.7 Å². The maximum absolute atomic E-state index is 11.0. The molecule has 0 bridgehead atoms. The summed E-state index contributed by atoms with van der Waals surface area (Å²) in [5, 5.41) is 15.0. The predicted molar refractivity (Wildman–Crippen MR) is 110 cm³/mol. The number of thioether (sulfide) groups is 1. The van der Waals surface area contributed by atoms with E-state index in [0.29, 0.717) is 11.6 Å². The second-order valence-electron chi connectivity index (χ2n) is 6.29. The molecule has 1 aliphatic rings. The van der Waals surface area contributed by atoms with Crippen molar-refractivity contribution in [3.63, 3.8) is 0 Å². The Bertz CT molecular complexity index is 726. The zero-order valence-corrected chi connectivity index (χ0v) is 16.7. The van der Waals surface area contributed by atoms with Gasteiger partial charge in [-0.2, -0.15) is 0 Å². The van der Waals surface area contributed by atoms with E-state index in [1.165, 1.54) is 0 Å². The zero-order chi connectivity index (χ0) is 18.5. The van der Waals surface area contributed by atoms with Gasteiger partial charge in [0, 0.05) is 29.6 Å². The molecule has 2 aromatic rings. The number of nitrogens with one attached hydrogen (secondary N) is 1. The smallest absolute Gasteiger partial charge is 0.118 e. The van der Waals surface area contributed by atoms with Crippen molar-refractivity contribution < 1.29 is 9.84 Å². The minimum Gasteiger partial charge on any atom is -0.497 e. The van der Waals surface area contributed by atoms with Crippen molar-refractivity contribution in [2.45, 2.75) is 23.2 Å². The summed E-state index contributed by atoms with van der Waals surface area (Å²) in [7, 11) is 1.66. The molecule has 4 nitrogen and oxygen atoms in total. The number of anilines is 1. The minimum absolute atomic E-state index is 0.0535. The van der Waals surface area contributed by atoms with Crippen molar-refractivity contribution in [3.8, 4) is 5.75 Å². The van der Waals surface area contributed by atoms with Crippen LogP contribution in [0.4, 0.5) is 5.69 Å². The van der Waals surface area contributed by atoms with Crippen LogP contribution >= 0.6 is 23.4 Å². The number of rotatable bonds is 6. The zero-order valence-electron chi connectivity index (χ0n) is 15.1. The summed E-state index contributed by atoms with van der Waals surface area (Å²) in [6.45, 7) is 5.34. The van der Waals surface area contributed by atoms with Crippen LogP contribution in [0.5, 0.6) is 5.75 Å². The van der Waals surface area contributed by atoms with Crippen LogP contribution in [0.3, 0.4) is 0 Å². The molecule has 2 unspecified atom stereocenters. The number of nitrogens with zero attached hydrogens (tertiary/aromatic N) is 1. The van der Waals surface area contributed by atoms with Crippen LogP contribution in [0.15, 0.2) is 47.4 Å². The first kappa shape index (κ1) is 19.4. The normalized spacial score (nSPS) is 19.8. The first-order chi connectivity index (χ1) is 12.6. The molecule has 2 N–H and O–H groups in total. The molecular formula is C20H25ClN2O2S. The van der Waals surface area contributed by atoms with Gasteiger partial charge in [-0.05, 0) is 42.4 Å². The number of aliphatic hydroxyl groups is 1. The van der Waals surface area contributed by atoms with Crippen LogP contribution < -0.4 is 15.0 Å². The summed E-state index contributed by atoms with van der Waals surface area (Å²) >= 11 is 7.92. The summed E-state index contributed by atoms with van der Waals surface area (Å²) in [5.74, 6) is 0.817. The van der Waals surface area contributed by atoms with Crippen molar-refractivity contribution in [3.05, 3.63) is 53.1 Å². The monoisotopic (exact) mass is 392 g/mol. The topological polar surface area (TPSA) is 44.7 Å². The third-order valence-electron chi connectivity index (χ3n) is 4.53. The molecule has 0 spiro atoms. The van der Waals surface area contributed by atoms with E-state index in [0.717, 1.165) is 41.5 Å². The Kier molecular flexibility index (Phi) is 6.70. The number of hydrogen-bond donors (Lipinski definition) is 2. The summed E-state index contributed by atoms with van der Waals surface area (Å²) in [5.41, 5.74) is 2.22. The van der Waals surface area contributed by atoms with Crippen LogP contribution in [-0.2, 0) is 0 Å². The first-order valence-corrected chi connectivity index (χ1v) is 10.1. The second-order valence-corrected chi connectivity index (χ2v) is 7.91. The van der Waals surface area contributed by atoms with Crippen molar-refractivity contribution in [2.24, 2.45) is 0 Å². The number of benzene rings is 2. The lowest BCUT2D eigenvalue weighted by Crippen LogP contribution is -2.38. The molecule has 6 heteroatoms. The Morgan fingerprint density at radius 1 is 1.27 bits per heavy atom.